The maximum Gasteiger partial charge on any atom is 0.339 e. The molecule has 2 aromatic heterocycles. The Morgan fingerprint density at radius 2 is 1.86 bits per heavy atom. The molecule has 0 bridgehead atoms. The molecule has 0 aliphatic rings. The van der Waals surface area contributed by atoms with Crippen molar-refractivity contribution in [1.29, 1.82) is 0 Å². The topological polar surface area (TPSA) is 97.1 Å². The number of hydrogen-bond donors (Lipinski definition) is 2. The van der Waals surface area contributed by atoms with Crippen LogP contribution >= 0.6 is 0 Å². The van der Waals surface area contributed by atoms with E-state index < -0.39 is 17.2 Å². The van der Waals surface area contributed by atoms with Crippen LogP contribution in [0.25, 0.3) is 16.7 Å². The number of aromatic amines is 1. The van der Waals surface area contributed by atoms with E-state index >= 15 is 0 Å². The number of aromatic nitrogens is 3. The van der Waals surface area contributed by atoms with Crippen molar-refractivity contribution in [3.05, 3.63) is 62.9 Å². The van der Waals surface area contributed by atoms with Gasteiger partial charge in [0, 0.05) is 13.2 Å². The Kier molecular flexibility index (Phi) is 2.76. The van der Waals surface area contributed by atoms with Gasteiger partial charge in [0.2, 0.25) is 0 Å². The SMILES string of the molecule is Cn1cc(C(=O)O)c2[nH]c(=O)n(-c3ccccc3)c(=O)c21. The first-order valence-electron chi connectivity index (χ1n) is 6.14. The van der Waals surface area contributed by atoms with Crippen LogP contribution in [0, 0.1) is 0 Å². The third kappa shape index (κ3) is 1.86. The van der Waals surface area contributed by atoms with E-state index in [0.717, 1.165) is 4.57 Å². The van der Waals surface area contributed by atoms with Gasteiger partial charge in [-0.2, -0.15) is 0 Å². The molecule has 7 nitrogen and oxygen atoms in total. The second-order valence-corrected chi connectivity index (χ2v) is 4.59. The van der Waals surface area contributed by atoms with Gasteiger partial charge in [0.1, 0.15) is 11.1 Å². The van der Waals surface area contributed by atoms with Crippen molar-refractivity contribution in [1.82, 2.24) is 14.1 Å². The van der Waals surface area contributed by atoms with Crippen LogP contribution in [0.3, 0.4) is 0 Å². The van der Waals surface area contributed by atoms with Crippen LogP contribution in [0.4, 0.5) is 0 Å². The van der Waals surface area contributed by atoms with Crippen molar-refractivity contribution in [2.45, 2.75) is 0 Å². The Morgan fingerprint density at radius 1 is 1.19 bits per heavy atom. The van der Waals surface area contributed by atoms with Crippen LogP contribution in [-0.2, 0) is 7.05 Å². The van der Waals surface area contributed by atoms with Crippen LogP contribution in [-0.4, -0.2) is 25.2 Å². The summed E-state index contributed by atoms with van der Waals surface area (Å²) in [4.78, 5) is 38.3. The number of carboxylic acids is 1. The van der Waals surface area contributed by atoms with Crippen molar-refractivity contribution in [2.75, 3.05) is 0 Å². The molecule has 2 N–H and O–H groups in total. The maximum absolute atomic E-state index is 12.5. The zero-order valence-corrected chi connectivity index (χ0v) is 11.0. The molecule has 3 aromatic rings. The molecule has 0 radical (unpaired) electrons. The molecule has 2 heterocycles. The van der Waals surface area contributed by atoms with Gasteiger partial charge in [0.25, 0.3) is 5.56 Å². The highest BCUT2D eigenvalue weighted by Gasteiger charge is 2.19. The molecule has 0 aliphatic carbocycles. The lowest BCUT2D eigenvalue weighted by molar-refractivity contribution is 0.0698. The second kappa shape index (κ2) is 4.48. The number of carboxylic acid groups (broad SMARTS) is 1. The Bertz CT molecular complexity index is 964. The summed E-state index contributed by atoms with van der Waals surface area (Å²) in [6, 6.07) is 8.44. The molecule has 1 aromatic carbocycles. The van der Waals surface area contributed by atoms with Crippen molar-refractivity contribution < 1.29 is 9.90 Å². The first-order valence-corrected chi connectivity index (χ1v) is 6.14. The molecule has 0 aliphatic heterocycles. The van der Waals surface area contributed by atoms with Crippen LogP contribution < -0.4 is 11.2 Å². The van der Waals surface area contributed by atoms with Crippen LogP contribution in [0.15, 0.2) is 46.1 Å². The summed E-state index contributed by atoms with van der Waals surface area (Å²) in [5.41, 5.74) is -0.754. The number of rotatable bonds is 2. The summed E-state index contributed by atoms with van der Waals surface area (Å²) < 4.78 is 2.38. The molecule has 0 unspecified atom stereocenters. The minimum Gasteiger partial charge on any atom is -0.478 e. The maximum atomic E-state index is 12.5. The van der Waals surface area contributed by atoms with Crippen molar-refractivity contribution in [3.8, 4) is 5.69 Å². The zero-order chi connectivity index (χ0) is 15.1. The van der Waals surface area contributed by atoms with Gasteiger partial charge in [-0.15, -0.1) is 0 Å². The smallest absolute Gasteiger partial charge is 0.339 e. The molecule has 0 amide bonds. The average molecular weight is 285 g/mol. The second-order valence-electron chi connectivity index (χ2n) is 4.59. The third-order valence-electron chi connectivity index (χ3n) is 3.27. The zero-order valence-electron chi connectivity index (χ0n) is 11.0. The highest BCUT2D eigenvalue weighted by molar-refractivity contribution is 6.01. The molecule has 0 fully saturated rings. The Balaban J connectivity index is 2.47. The standard InChI is InChI=1S/C14H11N3O4/c1-16-7-9(13(19)20)10-11(16)12(18)17(14(21)15-10)8-5-3-2-4-6-8/h2-7H,1H3,(H,15,21)(H,19,20). The van der Waals surface area contributed by atoms with Gasteiger partial charge in [0.15, 0.2) is 0 Å². The van der Waals surface area contributed by atoms with Gasteiger partial charge < -0.3 is 14.7 Å². The van der Waals surface area contributed by atoms with E-state index in [-0.39, 0.29) is 16.6 Å². The van der Waals surface area contributed by atoms with E-state index in [4.69, 9.17) is 5.11 Å². The van der Waals surface area contributed by atoms with Gasteiger partial charge >= 0.3 is 11.7 Å². The molecule has 0 saturated carbocycles. The average Bonchev–Trinajstić information content (AvgIpc) is 2.77. The number of nitrogens with one attached hydrogen (secondary N) is 1. The first-order chi connectivity index (χ1) is 10.0. The molecule has 3 rings (SSSR count). The summed E-state index contributed by atoms with van der Waals surface area (Å²) in [5, 5.41) is 9.12. The van der Waals surface area contributed by atoms with Gasteiger partial charge in [-0.05, 0) is 12.1 Å². The Morgan fingerprint density at radius 3 is 2.48 bits per heavy atom. The molecular formula is C14H11N3O4. The first kappa shape index (κ1) is 12.9. The lowest BCUT2D eigenvalue weighted by Crippen LogP contribution is -2.34. The van der Waals surface area contributed by atoms with E-state index in [1.165, 1.54) is 10.8 Å². The van der Waals surface area contributed by atoms with E-state index in [1.807, 2.05) is 0 Å². The van der Waals surface area contributed by atoms with Crippen LogP contribution in [0.5, 0.6) is 0 Å². The van der Waals surface area contributed by atoms with Gasteiger partial charge in [-0.3, -0.25) is 4.79 Å². The molecule has 106 valence electrons. The summed E-state index contributed by atoms with van der Waals surface area (Å²) in [6.07, 6.45) is 1.31. The van der Waals surface area contributed by atoms with Gasteiger partial charge in [-0.1, -0.05) is 18.2 Å². The number of aromatic carboxylic acids is 1. The van der Waals surface area contributed by atoms with E-state index in [0.29, 0.717) is 5.69 Å². The predicted octanol–water partition coefficient (Wildman–Crippen LogP) is 0.716. The van der Waals surface area contributed by atoms with Gasteiger partial charge in [0.05, 0.1) is 11.2 Å². The van der Waals surface area contributed by atoms with E-state index in [2.05, 4.69) is 4.98 Å². The largest absolute Gasteiger partial charge is 0.478 e. The fourth-order valence-electron chi connectivity index (χ4n) is 2.35. The predicted molar refractivity (Wildman–Crippen MR) is 76.1 cm³/mol. The monoisotopic (exact) mass is 285 g/mol. The molecule has 21 heavy (non-hydrogen) atoms. The summed E-state index contributed by atoms with van der Waals surface area (Å²) in [6.45, 7) is 0. The minimum atomic E-state index is -1.20. The summed E-state index contributed by atoms with van der Waals surface area (Å²) in [5.74, 6) is -1.20. The van der Waals surface area contributed by atoms with Crippen LogP contribution in [0.2, 0.25) is 0 Å². The van der Waals surface area contributed by atoms with Crippen molar-refractivity contribution in [3.63, 3.8) is 0 Å². The molecule has 0 saturated heterocycles. The minimum absolute atomic E-state index is 0.0344. The number of hydrogen-bond acceptors (Lipinski definition) is 3. The normalized spacial score (nSPS) is 10.9. The van der Waals surface area contributed by atoms with Crippen molar-refractivity contribution in [2.24, 2.45) is 7.05 Å². The third-order valence-corrected chi connectivity index (χ3v) is 3.27. The number of aryl methyl sites for hydroxylation is 1. The lowest BCUT2D eigenvalue weighted by Gasteiger charge is -2.05. The molecule has 0 spiro atoms. The van der Waals surface area contributed by atoms with E-state index in [9.17, 15) is 14.4 Å². The highest BCUT2D eigenvalue weighted by atomic mass is 16.4. The number of H-pyrrole nitrogens is 1. The quantitative estimate of drug-likeness (QED) is 0.724. The molecule has 0 atom stereocenters. The number of fused-ring (bicyclic) bond motifs is 1. The van der Waals surface area contributed by atoms with Gasteiger partial charge in [-0.25, -0.2) is 14.2 Å². The van der Waals surface area contributed by atoms with Crippen molar-refractivity contribution >= 4 is 17.0 Å². The summed E-state index contributed by atoms with van der Waals surface area (Å²) in [7, 11) is 1.56. The van der Waals surface area contributed by atoms with Crippen LogP contribution in [0.1, 0.15) is 10.4 Å². The van der Waals surface area contributed by atoms with E-state index in [1.54, 1.807) is 37.4 Å². The lowest BCUT2D eigenvalue weighted by atomic mass is 10.3. The summed E-state index contributed by atoms with van der Waals surface area (Å²) >= 11 is 0. The fourth-order valence-corrected chi connectivity index (χ4v) is 2.35. The number of nitrogens with zero attached hydrogens (tertiary/aromatic N) is 2. The number of benzene rings is 1. The molecular weight excluding hydrogens is 274 g/mol. The Labute approximate surface area is 117 Å². The fraction of sp³-hybridized carbons (Fsp3) is 0.0714. The highest BCUT2D eigenvalue weighted by Crippen LogP contribution is 2.14. The molecule has 7 heteroatoms. The number of para-hydroxylation sites is 1. The Hall–Kier alpha value is -3.09. The number of carbonyl (C=O) groups is 1.